The maximum atomic E-state index is 10.9. The number of non-ortho nitro benzene ring substituents is 1. The lowest BCUT2D eigenvalue weighted by Gasteiger charge is -2.29. The van der Waals surface area contributed by atoms with Gasteiger partial charge in [0.25, 0.3) is 5.69 Å². The molecule has 0 heterocycles. The van der Waals surface area contributed by atoms with Crippen molar-refractivity contribution in [1.82, 2.24) is 0 Å². The fourth-order valence-corrected chi connectivity index (χ4v) is 2.73. The second kappa shape index (κ2) is 7.39. The highest BCUT2D eigenvalue weighted by molar-refractivity contribution is 7.80. The molecule has 5 nitrogen and oxygen atoms in total. The summed E-state index contributed by atoms with van der Waals surface area (Å²) in [5.74, 6) is 0. The van der Waals surface area contributed by atoms with Crippen molar-refractivity contribution >= 4 is 46.0 Å². The molecule has 0 amide bonds. The molecule has 2 rings (SSSR count). The largest absolute Gasteiger partial charge is 0.331 e. The zero-order valence-corrected chi connectivity index (χ0v) is 14.3. The van der Waals surface area contributed by atoms with Gasteiger partial charge >= 0.3 is 0 Å². The van der Waals surface area contributed by atoms with Crippen LogP contribution in [0.1, 0.15) is 13.8 Å². The molecule has 0 aromatic heterocycles. The molecule has 120 valence electrons. The van der Waals surface area contributed by atoms with Gasteiger partial charge in [0.15, 0.2) is 5.11 Å². The molecule has 23 heavy (non-hydrogen) atoms. The van der Waals surface area contributed by atoms with E-state index in [1.807, 2.05) is 49.1 Å². The molecular weight excluding hydrogens is 334 g/mol. The van der Waals surface area contributed by atoms with Gasteiger partial charge < -0.3 is 10.2 Å². The first kappa shape index (κ1) is 17.2. The van der Waals surface area contributed by atoms with Crippen LogP contribution in [0.5, 0.6) is 0 Å². The van der Waals surface area contributed by atoms with Crippen LogP contribution in [0.15, 0.2) is 48.5 Å². The maximum absolute atomic E-state index is 10.9. The minimum absolute atomic E-state index is 0.0458. The zero-order valence-electron chi connectivity index (χ0n) is 12.7. The van der Waals surface area contributed by atoms with Crippen LogP contribution < -0.4 is 10.2 Å². The van der Waals surface area contributed by atoms with Crippen LogP contribution in [0, 0.1) is 10.1 Å². The van der Waals surface area contributed by atoms with Crippen LogP contribution in [-0.2, 0) is 0 Å². The number of hydrogen-bond donors (Lipinski definition) is 1. The highest BCUT2D eigenvalue weighted by atomic mass is 35.5. The van der Waals surface area contributed by atoms with Crippen LogP contribution in [0.2, 0.25) is 5.02 Å². The Morgan fingerprint density at radius 3 is 2.48 bits per heavy atom. The normalized spacial score (nSPS) is 10.4. The molecule has 2 aromatic carbocycles. The third kappa shape index (κ3) is 4.18. The standard InChI is InChI=1S/C16H16ClN3O2S/c1-11(2)19(12-6-4-3-5-7-12)16(23)18-15-10-13(20(21)22)8-9-14(15)17/h3-11H,1-2H3,(H,18,23). The Morgan fingerprint density at radius 2 is 1.91 bits per heavy atom. The van der Waals surface area contributed by atoms with E-state index in [-0.39, 0.29) is 11.7 Å². The van der Waals surface area contributed by atoms with E-state index in [0.29, 0.717) is 15.8 Å². The van der Waals surface area contributed by atoms with E-state index in [2.05, 4.69) is 5.32 Å². The van der Waals surface area contributed by atoms with Gasteiger partial charge in [-0.15, -0.1) is 0 Å². The SMILES string of the molecule is CC(C)N(C(=S)Nc1cc([N+](=O)[O-])ccc1Cl)c1ccccc1. The van der Waals surface area contributed by atoms with E-state index in [0.717, 1.165) is 5.69 Å². The van der Waals surface area contributed by atoms with E-state index >= 15 is 0 Å². The zero-order chi connectivity index (χ0) is 17.0. The first-order valence-corrected chi connectivity index (χ1v) is 7.78. The Hall–Kier alpha value is -2.18. The molecule has 7 heteroatoms. The average molecular weight is 350 g/mol. The number of anilines is 2. The molecule has 0 saturated carbocycles. The van der Waals surface area contributed by atoms with Crippen LogP contribution in [0.4, 0.5) is 17.1 Å². The van der Waals surface area contributed by atoms with Crippen molar-refractivity contribution in [3.63, 3.8) is 0 Å². The number of nitro benzene ring substituents is 1. The Balaban J connectivity index is 2.29. The molecule has 2 aromatic rings. The summed E-state index contributed by atoms with van der Waals surface area (Å²) in [5.41, 5.74) is 1.30. The number of thiocarbonyl (C=S) groups is 1. The van der Waals surface area contributed by atoms with Gasteiger partial charge in [-0.2, -0.15) is 0 Å². The number of rotatable bonds is 4. The van der Waals surface area contributed by atoms with Crippen LogP contribution in [-0.4, -0.2) is 16.1 Å². The third-order valence-electron chi connectivity index (χ3n) is 3.17. The fraction of sp³-hybridized carbons (Fsp3) is 0.188. The topological polar surface area (TPSA) is 58.4 Å². The quantitative estimate of drug-likeness (QED) is 0.485. The molecule has 0 atom stereocenters. The maximum Gasteiger partial charge on any atom is 0.271 e. The van der Waals surface area contributed by atoms with Gasteiger partial charge in [-0.25, -0.2) is 0 Å². The van der Waals surface area contributed by atoms with E-state index in [1.54, 1.807) is 0 Å². The van der Waals surface area contributed by atoms with Crippen molar-refractivity contribution in [1.29, 1.82) is 0 Å². The molecular formula is C16H16ClN3O2S. The van der Waals surface area contributed by atoms with Crippen molar-refractivity contribution < 1.29 is 4.92 Å². The Bertz CT molecular complexity index is 723. The number of halogens is 1. The van der Waals surface area contributed by atoms with Crippen LogP contribution in [0.25, 0.3) is 0 Å². The molecule has 0 unspecified atom stereocenters. The Labute approximate surface area is 145 Å². The second-order valence-corrected chi connectivity index (χ2v) is 5.94. The van der Waals surface area contributed by atoms with Gasteiger partial charge in [-0.1, -0.05) is 29.8 Å². The number of nitro groups is 1. The van der Waals surface area contributed by atoms with Crippen molar-refractivity contribution in [2.24, 2.45) is 0 Å². The van der Waals surface area contributed by atoms with Gasteiger partial charge in [0.1, 0.15) is 0 Å². The molecule has 0 radical (unpaired) electrons. The predicted molar refractivity (Wildman–Crippen MR) is 98.4 cm³/mol. The predicted octanol–water partition coefficient (Wildman–Crippen LogP) is 4.86. The number of benzene rings is 2. The smallest absolute Gasteiger partial charge is 0.271 e. The van der Waals surface area contributed by atoms with Crippen molar-refractivity contribution in [2.45, 2.75) is 19.9 Å². The minimum Gasteiger partial charge on any atom is -0.331 e. The fourth-order valence-electron chi connectivity index (χ4n) is 2.14. The summed E-state index contributed by atoms with van der Waals surface area (Å²) >= 11 is 11.6. The lowest BCUT2D eigenvalue weighted by Crippen LogP contribution is -2.40. The molecule has 0 aliphatic rings. The van der Waals surface area contributed by atoms with Gasteiger partial charge in [0.05, 0.1) is 15.6 Å². The molecule has 0 aliphatic heterocycles. The van der Waals surface area contributed by atoms with Gasteiger partial charge in [0, 0.05) is 23.9 Å². The van der Waals surface area contributed by atoms with Gasteiger partial charge in [0.2, 0.25) is 0 Å². The average Bonchev–Trinajstić information content (AvgIpc) is 2.50. The minimum atomic E-state index is -0.470. The summed E-state index contributed by atoms with van der Waals surface area (Å²) in [4.78, 5) is 12.4. The summed E-state index contributed by atoms with van der Waals surface area (Å²) in [6, 6.07) is 14.0. The molecule has 0 fully saturated rings. The summed E-state index contributed by atoms with van der Waals surface area (Å²) in [5, 5.41) is 14.7. The molecule has 0 spiro atoms. The van der Waals surface area contributed by atoms with Crippen molar-refractivity contribution in [2.75, 3.05) is 10.2 Å². The van der Waals surface area contributed by atoms with Crippen LogP contribution >= 0.6 is 23.8 Å². The van der Waals surface area contributed by atoms with E-state index < -0.39 is 4.92 Å². The van der Waals surface area contributed by atoms with Crippen molar-refractivity contribution in [3.05, 3.63) is 63.7 Å². The highest BCUT2D eigenvalue weighted by Crippen LogP contribution is 2.28. The lowest BCUT2D eigenvalue weighted by atomic mass is 10.2. The van der Waals surface area contributed by atoms with E-state index in [4.69, 9.17) is 23.8 Å². The van der Waals surface area contributed by atoms with Gasteiger partial charge in [-0.05, 0) is 44.3 Å². The van der Waals surface area contributed by atoms with Gasteiger partial charge in [-0.3, -0.25) is 10.1 Å². The molecule has 1 N–H and O–H groups in total. The lowest BCUT2D eigenvalue weighted by molar-refractivity contribution is -0.384. The third-order valence-corrected chi connectivity index (χ3v) is 3.80. The van der Waals surface area contributed by atoms with Crippen molar-refractivity contribution in [3.8, 4) is 0 Å². The monoisotopic (exact) mass is 349 g/mol. The first-order chi connectivity index (χ1) is 10.9. The number of para-hydroxylation sites is 1. The highest BCUT2D eigenvalue weighted by Gasteiger charge is 2.18. The summed E-state index contributed by atoms with van der Waals surface area (Å²) in [6.07, 6.45) is 0. The summed E-state index contributed by atoms with van der Waals surface area (Å²) < 4.78 is 0. The second-order valence-electron chi connectivity index (χ2n) is 5.15. The summed E-state index contributed by atoms with van der Waals surface area (Å²) in [7, 11) is 0. The first-order valence-electron chi connectivity index (χ1n) is 6.99. The van der Waals surface area contributed by atoms with E-state index in [9.17, 15) is 10.1 Å². The Morgan fingerprint density at radius 1 is 1.26 bits per heavy atom. The number of nitrogens with zero attached hydrogens (tertiary/aromatic N) is 2. The van der Waals surface area contributed by atoms with Crippen LogP contribution in [0.3, 0.4) is 0 Å². The number of nitrogens with one attached hydrogen (secondary N) is 1. The van der Waals surface area contributed by atoms with E-state index in [1.165, 1.54) is 18.2 Å². The summed E-state index contributed by atoms with van der Waals surface area (Å²) in [6.45, 7) is 4.02. The number of hydrogen-bond acceptors (Lipinski definition) is 3. The Kier molecular flexibility index (Phi) is 5.52. The molecule has 0 saturated heterocycles. The molecule has 0 aliphatic carbocycles. The molecule has 0 bridgehead atoms.